The van der Waals surface area contributed by atoms with Gasteiger partial charge < -0.3 is 19.8 Å². The van der Waals surface area contributed by atoms with Crippen LogP contribution >= 0.6 is 0 Å². The molecule has 0 fully saturated rings. The van der Waals surface area contributed by atoms with Crippen LogP contribution in [0.5, 0.6) is 5.75 Å². The Hall–Kier alpha value is -4.39. The average molecular weight is 414 g/mol. The van der Waals surface area contributed by atoms with Gasteiger partial charge in [-0.3, -0.25) is 9.59 Å². The first-order chi connectivity index (χ1) is 15.0. The highest BCUT2D eigenvalue weighted by Crippen LogP contribution is 2.21. The number of carbonyl (C=O) groups excluding carboxylic acids is 2. The normalized spacial score (nSPS) is 10.5. The summed E-state index contributed by atoms with van der Waals surface area (Å²) in [6, 6.07) is 21.8. The van der Waals surface area contributed by atoms with Crippen LogP contribution in [-0.2, 0) is 0 Å². The minimum absolute atomic E-state index is 0.151. The quantitative estimate of drug-likeness (QED) is 0.475. The number of methoxy groups -OCH3 is 1. The van der Waals surface area contributed by atoms with E-state index >= 15 is 0 Å². The standard InChI is InChI=1S/C24H18N2O5/c1-30-17-9-6-8-16(14-17)25-22(27)18-10-3-4-11-20(18)26-23(28)19-13-15-7-2-5-12-21(15)31-24(19)29/h2-14H,1H3,(H,25,27)(H,26,28). The summed E-state index contributed by atoms with van der Waals surface area (Å²) in [7, 11) is 1.54. The topological polar surface area (TPSA) is 97.6 Å². The van der Waals surface area contributed by atoms with E-state index in [0.29, 0.717) is 22.4 Å². The number of anilines is 2. The largest absolute Gasteiger partial charge is 0.497 e. The summed E-state index contributed by atoms with van der Waals surface area (Å²) < 4.78 is 10.4. The summed E-state index contributed by atoms with van der Waals surface area (Å²) in [5.74, 6) is -0.488. The molecule has 31 heavy (non-hydrogen) atoms. The third-order valence-electron chi connectivity index (χ3n) is 4.63. The van der Waals surface area contributed by atoms with E-state index in [9.17, 15) is 14.4 Å². The van der Waals surface area contributed by atoms with Gasteiger partial charge in [0.1, 0.15) is 16.9 Å². The lowest BCUT2D eigenvalue weighted by Gasteiger charge is -2.12. The van der Waals surface area contributed by atoms with E-state index in [1.54, 1.807) is 72.8 Å². The second kappa shape index (κ2) is 8.54. The molecule has 2 N–H and O–H groups in total. The maximum Gasteiger partial charge on any atom is 0.349 e. The summed E-state index contributed by atoms with van der Waals surface area (Å²) in [5, 5.41) is 6.03. The van der Waals surface area contributed by atoms with Gasteiger partial charge in [0.05, 0.1) is 18.4 Å². The highest BCUT2D eigenvalue weighted by molar-refractivity contribution is 6.12. The van der Waals surface area contributed by atoms with Crippen molar-refractivity contribution in [3.63, 3.8) is 0 Å². The van der Waals surface area contributed by atoms with E-state index in [1.807, 2.05) is 0 Å². The molecule has 4 aromatic rings. The molecular formula is C24H18N2O5. The lowest BCUT2D eigenvalue weighted by molar-refractivity contribution is 0.102. The molecule has 0 saturated carbocycles. The number of ether oxygens (including phenoxy) is 1. The van der Waals surface area contributed by atoms with Crippen molar-refractivity contribution >= 4 is 34.2 Å². The molecule has 7 nitrogen and oxygen atoms in total. The summed E-state index contributed by atoms with van der Waals surface area (Å²) >= 11 is 0. The van der Waals surface area contributed by atoms with Gasteiger partial charge in [0.15, 0.2) is 0 Å². The van der Waals surface area contributed by atoms with Crippen molar-refractivity contribution in [1.82, 2.24) is 0 Å². The Kier molecular flexibility index (Phi) is 5.49. The van der Waals surface area contributed by atoms with Gasteiger partial charge in [-0.1, -0.05) is 36.4 Å². The lowest BCUT2D eigenvalue weighted by Crippen LogP contribution is -2.22. The molecule has 0 aliphatic heterocycles. The van der Waals surface area contributed by atoms with Crippen LogP contribution in [0.25, 0.3) is 11.0 Å². The first kappa shape index (κ1) is 19.9. The molecule has 4 rings (SSSR count). The molecule has 7 heteroatoms. The van der Waals surface area contributed by atoms with Crippen molar-refractivity contribution in [2.45, 2.75) is 0 Å². The second-order valence-corrected chi connectivity index (χ2v) is 6.67. The van der Waals surface area contributed by atoms with Crippen molar-refractivity contribution < 1.29 is 18.7 Å². The fourth-order valence-corrected chi connectivity index (χ4v) is 3.10. The maximum absolute atomic E-state index is 12.8. The smallest absolute Gasteiger partial charge is 0.349 e. The van der Waals surface area contributed by atoms with Crippen molar-refractivity contribution in [2.75, 3.05) is 17.7 Å². The van der Waals surface area contributed by atoms with E-state index in [1.165, 1.54) is 13.2 Å². The summed E-state index contributed by atoms with van der Waals surface area (Å²) in [6.07, 6.45) is 0. The maximum atomic E-state index is 12.8. The molecule has 0 unspecified atom stereocenters. The van der Waals surface area contributed by atoms with Gasteiger partial charge in [0.25, 0.3) is 11.8 Å². The van der Waals surface area contributed by atoms with Crippen LogP contribution in [0.4, 0.5) is 11.4 Å². The predicted octanol–water partition coefficient (Wildman–Crippen LogP) is 4.31. The molecule has 2 amide bonds. The Morgan fingerprint density at radius 1 is 0.806 bits per heavy atom. The molecule has 154 valence electrons. The highest BCUT2D eigenvalue weighted by Gasteiger charge is 2.18. The molecule has 0 radical (unpaired) electrons. The number of nitrogens with one attached hydrogen (secondary N) is 2. The summed E-state index contributed by atoms with van der Waals surface area (Å²) in [5.41, 5.74) is 0.531. The fourth-order valence-electron chi connectivity index (χ4n) is 3.10. The van der Waals surface area contributed by atoms with E-state index in [2.05, 4.69) is 10.6 Å². The molecule has 0 spiro atoms. The van der Waals surface area contributed by atoms with Crippen LogP contribution in [0.15, 0.2) is 88.1 Å². The molecule has 0 aliphatic rings. The average Bonchev–Trinajstić information content (AvgIpc) is 2.79. The first-order valence-corrected chi connectivity index (χ1v) is 9.44. The Balaban J connectivity index is 1.60. The molecule has 0 bridgehead atoms. The molecule has 0 atom stereocenters. The Morgan fingerprint density at radius 2 is 1.55 bits per heavy atom. The van der Waals surface area contributed by atoms with Crippen LogP contribution < -0.4 is 21.0 Å². The first-order valence-electron chi connectivity index (χ1n) is 9.44. The van der Waals surface area contributed by atoms with Crippen molar-refractivity contribution in [2.24, 2.45) is 0 Å². The van der Waals surface area contributed by atoms with Crippen molar-refractivity contribution in [3.05, 3.63) is 100 Å². The summed E-state index contributed by atoms with van der Waals surface area (Å²) in [4.78, 5) is 37.9. The zero-order valence-corrected chi connectivity index (χ0v) is 16.5. The minimum Gasteiger partial charge on any atom is -0.497 e. The zero-order chi connectivity index (χ0) is 21.8. The van der Waals surface area contributed by atoms with E-state index in [4.69, 9.17) is 9.15 Å². The van der Waals surface area contributed by atoms with Crippen LogP contribution in [0.1, 0.15) is 20.7 Å². The number of carbonyl (C=O) groups is 2. The van der Waals surface area contributed by atoms with Crippen LogP contribution in [0, 0.1) is 0 Å². The monoisotopic (exact) mass is 414 g/mol. The van der Waals surface area contributed by atoms with Crippen LogP contribution in [0.3, 0.4) is 0 Å². The van der Waals surface area contributed by atoms with Crippen LogP contribution in [-0.4, -0.2) is 18.9 Å². The van der Waals surface area contributed by atoms with Crippen molar-refractivity contribution in [3.8, 4) is 5.75 Å². The number of fused-ring (bicyclic) bond motifs is 1. The number of benzene rings is 3. The third kappa shape index (κ3) is 4.30. The van der Waals surface area contributed by atoms with Gasteiger partial charge in [0.2, 0.25) is 0 Å². The summed E-state index contributed by atoms with van der Waals surface area (Å²) in [6.45, 7) is 0. The third-order valence-corrected chi connectivity index (χ3v) is 4.63. The van der Waals surface area contributed by atoms with Gasteiger partial charge in [-0.25, -0.2) is 4.79 Å². The molecule has 3 aromatic carbocycles. The van der Waals surface area contributed by atoms with Gasteiger partial charge in [-0.15, -0.1) is 0 Å². The molecule has 1 heterocycles. The van der Waals surface area contributed by atoms with Crippen molar-refractivity contribution in [1.29, 1.82) is 0 Å². The van der Waals surface area contributed by atoms with Crippen LogP contribution in [0.2, 0.25) is 0 Å². The fraction of sp³-hybridized carbons (Fsp3) is 0.0417. The number of rotatable bonds is 5. The van der Waals surface area contributed by atoms with E-state index < -0.39 is 17.4 Å². The highest BCUT2D eigenvalue weighted by atomic mass is 16.5. The van der Waals surface area contributed by atoms with Gasteiger partial charge in [-0.2, -0.15) is 0 Å². The number of hydrogen-bond donors (Lipinski definition) is 2. The van der Waals surface area contributed by atoms with E-state index in [0.717, 1.165) is 0 Å². The SMILES string of the molecule is COc1cccc(NC(=O)c2ccccc2NC(=O)c2cc3ccccc3oc2=O)c1. The second-order valence-electron chi connectivity index (χ2n) is 6.67. The Labute approximate surface area is 177 Å². The Morgan fingerprint density at radius 3 is 2.39 bits per heavy atom. The number of hydrogen-bond acceptors (Lipinski definition) is 5. The van der Waals surface area contributed by atoms with E-state index in [-0.39, 0.29) is 16.8 Å². The van der Waals surface area contributed by atoms with Gasteiger partial charge in [0, 0.05) is 17.1 Å². The molecule has 0 saturated heterocycles. The molecule has 1 aromatic heterocycles. The number of amides is 2. The zero-order valence-electron chi connectivity index (χ0n) is 16.5. The molecule has 0 aliphatic carbocycles. The minimum atomic E-state index is -0.755. The van der Waals surface area contributed by atoms with Gasteiger partial charge in [-0.05, 0) is 36.4 Å². The molecular weight excluding hydrogens is 396 g/mol. The lowest BCUT2D eigenvalue weighted by atomic mass is 10.1. The van der Waals surface area contributed by atoms with Gasteiger partial charge >= 0.3 is 5.63 Å². The predicted molar refractivity (Wildman–Crippen MR) is 118 cm³/mol. The number of para-hydroxylation sites is 2. The Bertz CT molecular complexity index is 1340.